The van der Waals surface area contributed by atoms with E-state index < -0.39 is 0 Å². The Balaban J connectivity index is 1.82. The van der Waals surface area contributed by atoms with Crippen LogP contribution in [0.25, 0.3) is 11.3 Å². The van der Waals surface area contributed by atoms with Crippen molar-refractivity contribution in [1.82, 2.24) is 4.98 Å². The number of rotatable bonds is 5. The summed E-state index contributed by atoms with van der Waals surface area (Å²) in [7, 11) is 0. The van der Waals surface area contributed by atoms with Crippen molar-refractivity contribution in [3.05, 3.63) is 70.1 Å². The Kier molecular flexibility index (Phi) is 5.52. The Morgan fingerprint density at radius 2 is 1.77 bits per heavy atom. The Morgan fingerprint density at radius 3 is 2.38 bits per heavy atom. The second-order valence-corrected chi connectivity index (χ2v) is 7.53. The second-order valence-electron chi connectivity index (χ2n) is 6.67. The summed E-state index contributed by atoms with van der Waals surface area (Å²) >= 11 is 1.47. The number of nitrogens with one attached hydrogen (secondary N) is 1. The Labute approximate surface area is 159 Å². The molecule has 3 rings (SSSR count). The summed E-state index contributed by atoms with van der Waals surface area (Å²) in [6, 6.07) is 14.2. The second kappa shape index (κ2) is 7.83. The molecule has 0 bridgehead atoms. The minimum absolute atomic E-state index is 0.00282. The van der Waals surface area contributed by atoms with Crippen molar-refractivity contribution in [2.45, 2.75) is 40.0 Å². The van der Waals surface area contributed by atoms with E-state index >= 15 is 0 Å². The number of nitrogens with zero attached hydrogens (tertiary/aromatic N) is 1. The third-order valence-electron chi connectivity index (χ3n) is 4.59. The molecule has 1 N–H and O–H groups in total. The molecule has 0 fully saturated rings. The van der Waals surface area contributed by atoms with Gasteiger partial charge in [-0.3, -0.25) is 4.79 Å². The first kappa shape index (κ1) is 18.3. The van der Waals surface area contributed by atoms with Crippen LogP contribution in [0, 0.1) is 20.8 Å². The standard InChI is InChI=1S/C22H24N2OS/c1-5-18(17-9-7-6-8-10-17)21(25)24-22-23-19(13-26-22)20-15(3)11-14(2)12-16(20)4/h6-13,18H,5H2,1-4H3,(H,23,24,25). The van der Waals surface area contributed by atoms with Gasteiger partial charge in [0.1, 0.15) is 0 Å². The lowest BCUT2D eigenvalue weighted by Crippen LogP contribution is -2.20. The first-order valence-electron chi connectivity index (χ1n) is 8.89. The van der Waals surface area contributed by atoms with Crippen molar-refractivity contribution in [1.29, 1.82) is 0 Å². The number of benzene rings is 2. The molecular weight excluding hydrogens is 340 g/mol. The summed E-state index contributed by atoms with van der Waals surface area (Å²) in [6.45, 7) is 8.35. The van der Waals surface area contributed by atoms with Gasteiger partial charge in [-0.2, -0.15) is 0 Å². The van der Waals surface area contributed by atoms with Crippen molar-refractivity contribution in [2.24, 2.45) is 0 Å². The van der Waals surface area contributed by atoms with E-state index in [1.165, 1.54) is 28.0 Å². The van der Waals surface area contributed by atoms with Crippen LogP contribution in [-0.2, 0) is 4.79 Å². The van der Waals surface area contributed by atoms with Crippen LogP contribution in [0.5, 0.6) is 0 Å². The van der Waals surface area contributed by atoms with Gasteiger partial charge in [0.2, 0.25) is 5.91 Å². The van der Waals surface area contributed by atoms with Crippen molar-refractivity contribution >= 4 is 22.4 Å². The zero-order valence-electron chi connectivity index (χ0n) is 15.7. The van der Waals surface area contributed by atoms with Gasteiger partial charge in [0.25, 0.3) is 0 Å². The van der Waals surface area contributed by atoms with E-state index in [9.17, 15) is 4.79 Å². The van der Waals surface area contributed by atoms with E-state index in [1.54, 1.807) is 0 Å². The number of aromatic nitrogens is 1. The van der Waals surface area contributed by atoms with Crippen molar-refractivity contribution in [2.75, 3.05) is 5.32 Å². The molecule has 0 saturated heterocycles. The van der Waals surface area contributed by atoms with Gasteiger partial charge >= 0.3 is 0 Å². The summed E-state index contributed by atoms with van der Waals surface area (Å²) in [5.41, 5.74) is 6.79. The van der Waals surface area contributed by atoms with E-state index in [4.69, 9.17) is 0 Å². The number of aryl methyl sites for hydroxylation is 3. The van der Waals surface area contributed by atoms with Crippen LogP contribution >= 0.6 is 11.3 Å². The van der Waals surface area contributed by atoms with E-state index in [0.717, 1.165) is 23.2 Å². The van der Waals surface area contributed by atoms with Gasteiger partial charge in [-0.05, 0) is 43.9 Å². The van der Waals surface area contributed by atoms with E-state index in [2.05, 4.69) is 43.2 Å². The fourth-order valence-electron chi connectivity index (χ4n) is 3.48. The van der Waals surface area contributed by atoms with Gasteiger partial charge < -0.3 is 5.32 Å². The molecular formula is C22H24N2OS. The lowest BCUT2D eigenvalue weighted by atomic mass is 9.96. The van der Waals surface area contributed by atoms with Gasteiger partial charge in [-0.25, -0.2) is 4.98 Å². The maximum absolute atomic E-state index is 12.7. The van der Waals surface area contributed by atoms with Gasteiger partial charge in [0.15, 0.2) is 5.13 Å². The highest BCUT2D eigenvalue weighted by Crippen LogP contribution is 2.31. The normalized spacial score (nSPS) is 12.0. The Hall–Kier alpha value is -2.46. The van der Waals surface area contributed by atoms with Gasteiger partial charge in [0.05, 0.1) is 11.6 Å². The summed E-state index contributed by atoms with van der Waals surface area (Å²) in [5, 5.41) is 5.67. The van der Waals surface area contributed by atoms with Gasteiger partial charge in [-0.1, -0.05) is 55.0 Å². The molecule has 0 saturated carbocycles. The minimum atomic E-state index is -0.161. The van der Waals surface area contributed by atoms with Crippen LogP contribution in [0.1, 0.15) is 41.5 Å². The molecule has 1 unspecified atom stereocenters. The number of hydrogen-bond acceptors (Lipinski definition) is 3. The predicted octanol–water partition coefficient (Wildman–Crippen LogP) is 5.87. The summed E-state index contributed by atoms with van der Waals surface area (Å²) in [5.74, 6) is -0.164. The molecule has 0 aliphatic heterocycles. The number of hydrogen-bond donors (Lipinski definition) is 1. The first-order chi connectivity index (χ1) is 12.5. The largest absolute Gasteiger partial charge is 0.301 e. The van der Waals surface area contributed by atoms with E-state index in [0.29, 0.717) is 5.13 Å². The average Bonchev–Trinajstić information content (AvgIpc) is 3.03. The summed E-state index contributed by atoms with van der Waals surface area (Å²) in [6.07, 6.45) is 0.754. The molecule has 26 heavy (non-hydrogen) atoms. The van der Waals surface area contributed by atoms with Crippen LogP contribution < -0.4 is 5.32 Å². The first-order valence-corrected chi connectivity index (χ1v) is 9.77. The van der Waals surface area contributed by atoms with E-state index in [-0.39, 0.29) is 11.8 Å². The van der Waals surface area contributed by atoms with Crippen LogP contribution in [0.2, 0.25) is 0 Å². The SMILES string of the molecule is CCC(C(=O)Nc1nc(-c2c(C)cc(C)cc2C)cs1)c1ccccc1. The average molecular weight is 365 g/mol. The lowest BCUT2D eigenvalue weighted by molar-refractivity contribution is -0.117. The monoisotopic (exact) mass is 364 g/mol. The molecule has 2 aromatic carbocycles. The molecule has 1 atom stereocenters. The number of carbonyl (C=O) groups is 1. The van der Waals surface area contributed by atoms with Crippen molar-refractivity contribution in [3.63, 3.8) is 0 Å². The number of thiazole rings is 1. The summed E-state index contributed by atoms with van der Waals surface area (Å²) in [4.78, 5) is 17.4. The smallest absolute Gasteiger partial charge is 0.233 e. The maximum Gasteiger partial charge on any atom is 0.233 e. The molecule has 1 heterocycles. The number of carbonyl (C=O) groups excluding carboxylic acids is 1. The molecule has 0 aliphatic rings. The quantitative estimate of drug-likeness (QED) is 0.615. The fourth-order valence-corrected chi connectivity index (χ4v) is 4.18. The highest BCUT2D eigenvalue weighted by Gasteiger charge is 2.20. The topological polar surface area (TPSA) is 42.0 Å². The highest BCUT2D eigenvalue weighted by molar-refractivity contribution is 7.14. The summed E-state index contributed by atoms with van der Waals surface area (Å²) < 4.78 is 0. The molecule has 4 heteroatoms. The minimum Gasteiger partial charge on any atom is -0.301 e. The number of amides is 1. The zero-order chi connectivity index (χ0) is 18.7. The molecule has 134 valence electrons. The molecule has 3 aromatic rings. The highest BCUT2D eigenvalue weighted by atomic mass is 32.1. The lowest BCUT2D eigenvalue weighted by Gasteiger charge is -2.14. The van der Waals surface area contributed by atoms with Crippen molar-refractivity contribution in [3.8, 4) is 11.3 Å². The van der Waals surface area contributed by atoms with Crippen LogP contribution in [0.4, 0.5) is 5.13 Å². The third kappa shape index (κ3) is 3.86. The van der Waals surface area contributed by atoms with Gasteiger partial charge in [0, 0.05) is 10.9 Å². The molecule has 0 spiro atoms. The molecule has 0 radical (unpaired) electrons. The van der Waals surface area contributed by atoms with Crippen molar-refractivity contribution < 1.29 is 4.79 Å². The number of anilines is 1. The van der Waals surface area contributed by atoms with Gasteiger partial charge in [-0.15, -0.1) is 11.3 Å². The van der Waals surface area contributed by atoms with Crippen LogP contribution in [0.15, 0.2) is 47.8 Å². The van der Waals surface area contributed by atoms with Crippen LogP contribution in [-0.4, -0.2) is 10.9 Å². The Morgan fingerprint density at radius 1 is 1.12 bits per heavy atom. The maximum atomic E-state index is 12.7. The molecule has 3 nitrogen and oxygen atoms in total. The third-order valence-corrected chi connectivity index (χ3v) is 5.35. The van der Waals surface area contributed by atoms with E-state index in [1.807, 2.05) is 42.6 Å². The molecule has 1 amide bonds. The Bertz CT molecular complexity index is 892. The zero-order valence-corrected chi connectivity index (χ0v) is 16.5. The molecule has 1 aromatic heterocycles. The molecule has 0 aliphatic carbocycles. The predicted molar refractivity (Wildman–Crippen MR) is 110 cm³/mol. The fraction of sp³-hybridized carbons (Fsp3) is 0.273. The van der Waals surface area contributed by atoms with Crippen LogP contribution in [0.3, 0.4) is 0 Å².